The molecule has 28 heavy (non-hydrogen) atoms. The molecule has 0 spiro atoms. The second-order valence-electron chi connectivity index (χ2n) is 7.05. The molecule has 0 radical (unpaired) electrons. The van der Waals surface area contributed by atoms with Crippen LogP contribution in [0.2, 0.25) is 0 Å². The van der Waals surface area contributed by atoms with Crippen molar-refractivity contribution in [3.05, 3.63) is 35.9 Å². The minimum Gasteiger partial charge on any atom is -0.365 e. The van der Waals surface area contributed by atoms with E-state index in [-0.39, 0.29) is 0 Å². The highest BCUT2D eigenvalue weighted by atomic mass is 28.4. The molecular weight excluding hydrogens is 372 g/mol. The van der Waals surface area contributed by atoms with Crippen molar-refractivity contribution in [2.75, 3.05) is 19.8 Å². The monoisotopic (exact) mass is 412 g/mol. The third kappa shape index (κ3) is 10.7. The van der Waals surface area contributed by atoms with E-state index >= 15 is 0 Å². The molecule has 0 saturated heterocycles. The average molecular weight is 413 g/mol. The Balaban J connectivity index is 2.83. The van der Waals surface area contributed by atoms with Gasteiger partial charge in [0.25, 0.3) is 0 Å². The molecule has 162 valence electrons. The number of aliphatic hydroxyl groups is 1. The van der Waals surface area contributed by atoms with Crippen molar-refractivity contribution in [3.63, 3.8) is 0 Å². The molecule has 5 nitrogen and oxygen atoms in total. The lowest BCUT2D eigenvalue weighted by Crippen LogP contribution is -2.50. The summed E-state index contributed by atoms with van der Waals surface area (Å²) < 4.78 is 24.3. The van der Waals surface area contributed by atoms with Crippen LogP contribution in [0, 0.1) is 0 Å². The molecule has 1 atom stereocenters. The Bertz CT molecular complexity index is 440. The van der Waals surface area contributed by atoms with Crippen molar-refractivity contribution in [3.8, 4) is 0 Å². The van der Waals surface area contributed by atoms with E-state index in [2.05, 4.69) is 20.8 Å². The molecule has 0 bridgehead atoms. The van der Waals surface area contributed by atoms with Gasteiger partial charge in [-0.1, -0.05) is 89.6 Å². The predicted octanol–water partition coefficient (Wildman–Crippen LogP) is 5.75. The van der Waals surface area contributed by atoms with E-state index in [0.717, 1.165) is 57.8 Å². The van der Waals surface area contributed by atoms with E-state index in [9.17, 15) is 5.11 Å². The SMILES string of the molecule is CCCCCO[Si](OCCCCC)(OCCCCC)OC(O)c1ccccc1. The molecule has 0 amide bonds. The van der Waals surface area contributed by atoms with Crippen LogP contribution in [0.1, 0.15) is 90.4 Å². The molecule has 1 N–H and O–H groups in total. The molecule has 1 aromatic rings. The van der Waals surface area contributed by atoms with Gasteiger partial charge in [0.1, 0.15) is 0 Å². The summed E-state index contributed by atoms with van der Waals surface area (Å²) in [7, 11) is -3.44. The first-order valence-corrected chi connectivity index (χ1v) is 12.6. The number of hydrogen-bond donors (Lipinski definition) is 1. The summed E-state index contributed by atoms with van der Waals surface area (Å²) in [4.78, 5) is 0. The fraction of sp³-hybridized carbons (Fsp3) is 0.727. The highest BCUT2D eigenvalue weighted by Gasteiger charge is 2.48. The predicted molar refractivity (Wildman–Crippen MR) is 115 cm³/mol. The molecule has 0 aliphatic rings. The van der Waals surface area contributed by atoms with Crippen LogP contribution in [0.25, 0.3) is 0 Å². The van der Waals surface area contributed by atoms with Gasteiger partial charge in [-0.15, -0.1) is 0 Å². The number of unbranched alkanes of at least 4 members (excludes halogenated alkanes) is 6. The molecule has 0 aliphatic carbocycles. The van der Waals surface area contributed by atoms with E-state index in [0.29, 0.717) is 25.4 Å². The van der Waals surface area contributed by atoms with Crippen LogP contribution in [0.5, 0.6) is 0 Å². The highest BCUT2D eigenvalue weighted by Crippen LogP contribution is 2.24. The number of rotatable bonds is 18. The Morgan fingerprint density at radius 1 is 0.714 bits per heavy atom. The van der Waals surface area contributed by atoms with Gasteiger partial charge in [-0.3, -0.25) is 0 Å². The Kier molecular flexibility index (Phi) is 14.5. The van der Waals surface area contributed by atoms with Gasteiger partial charge in [0, 0.05) is 25.4 Å². The molecule has 1 rings (SSSR count). The van der Waals surface area contributed by atoms with Crippen LogP contribution in [0.3, 0.4) is 0 Å². The lowest BCUT2D eigenvalue weighted by atomic mass is 10.2. The Morgan fingerprint density at radius 3 is 1.54 bits per heavy atom. The van der Waals surface area contributed by atoms with Gasteiger partial charge in [-0.05, 0) is 19.3 Å². The first-order valence-electron chi connectivity index (χ1n) is 11.0. The van der Waals surface area contributed by atoms with Gasteiger partial charge in [0.15, 0.2) is 6.29 Å². The Hall–Kier alpha value is -0.763. The minimum atomic E-state index is -3.44. The van der Waals surface area contributed by atoms with Crippen molar-refractivity contribution in [1.82, 2.24) is 0 Å². The van der Waals surface area contributed by atoms with Crippen molar-refractivity contribution in [2.24, 2.45) is 0 Å². The third-order valence-corrected chi connectivity index (χ3v) is 6.61. The zero-order valence-corrected chi connectivity index (χ0v) is 19.0. The maximum Gasteiger partial charge on any atom is 0.681 e. The van der Waals surface area contributed by atoms with Crippen LogP contribution >= 0.6 is 0 Å². The maximum absolute atomic E-state index is 10.6. The second kappa shape index (κ2) is 16.1. The molecule has 0 saturated carbocycles. The van der Waals surface area contributed by atoms with Crippen molar-refractivity contribution >= 4 is 9.05 Å². The third-order valence-electron chi connectivity index (χ3n) is 4.42. The zero-order valence-electron chi connectivity index (χ0n) is 18.0. The normalized spacial score (nSPS) is 13.0. The molecular formula is C22H40O5Si. The van der Waals surface area contributed by atoms with Gasteiger partial charge < -0.3 is 22.8 Å². The molecule has 0 fully saturated rings. The number of aliphatic hydroxyl groups excluding tert-OH is 1. The summed E-state index contributed by atoms with van der Waals surface area (Å²) in [5.74, 6) is 0. The molecule has 1 aromatic carbocycles. The standard InChI is InChI=1S/C22H40O5Si/c1-4-7-13-18-24-28(25-19-14-8-5-2,26-20-15-9-6-3)27-22(23)21-16-11-10-12-17-21/h10-12,16-17,22-23H,4-9,13-15,18-20H2,1-3H3. The first kappa shape index (κ1) is 25.3. The van der Waals surface area contributed by atoms with E-state index in [1.807, 2.05) is 30.3 Å². The molecule has 0 aromatic heterocycles. The first-order chi connectivity index (χ1) is 13.7. The van der Waals surface area contributed by atoms with Crippen LogP contribution in [0.4, 0.5) is 0 Å². The van der Waals surface area contributed by atoms with E-state index < -0.39 is 15.3 Å². The quantitative estimate of drug-likeness (QED) is 0.189. The average Bonchev–Trinajstić information content (AvgIpc) is 2.72. The van der Waals surface area contributed by atoms with Crippen LogP contribution in [-0.4, -0.2) is 34.0 Å². The summed E-state index contributed by atoms with van der Waals surface area (Å²) >= 11 is 0. The Morgan fingerprint density at radius 2 is 1.14 bits per heavy atom. The minimum absolute atomic E-state index is 0.517. The summed E-state index contributed by atoms with van der Waals surface area (Å²) in [5.41, 5.74) is 0.672. The molecule has 0 heterocycles. The Labute approximate surface area is 172 Å². The van der Waals surface area contributed by atoms with Gasteiger partial charge in [-0.25, -0.2) is 0 Å². The van der Waals surface area contributed by atoms with Crippen LogP contribution in [0.15, 0.2) is 30.3 Å². The van der Waals surface area contributed by atoms with Crippen LogP contribution in [-0.2, 0) is 17.7 Å². The number of hydrogen-bond acceptors (Lipinski definition) is 5. The van der Waals surface area contributed by atoms with Crippen molar-refractivity contribution < 1.29 is 22.8 Å². The van der Waals surface area contributed by atoms with Gasteiger partial charge in [0.05, 0.1) is 0 Å². The molecule has 6 heteroatoms. The van der Waals surface area contributed by atoms with Crippen molar-refractivity contribution in [1.29, 1.82) is 0 Å². The maximum atomic E-state index is 10.6. The molecule has 1 unspecified atom stereocenters. The van der Waals surface area contributed by atoms with E-state index in [4.69, 9.17) is 17.7 Å². The van der Waals surface area contributed by atoms with Crippen LogP contribution < -0.4 is 0 Å². The van der Waals surface area contributed by atoms with E-state index in [1.54, 1.807) is 0 Å². The molecule has 0 aliphatic heterocycles. The smallest absolute Gasteiger partial charge is 0.365 e. The summed E-state index contributed by atoms with van der Waals surface area (Å²) in [5, 5.41) is 10.6. The lowest BCUT2D eigenvalue weighted by molar-refractivity contribution is -0.125. The highest BCUT2D eigenvalue weighted by molar-refractivity contribution is 6.53. The van der Waals surface area contributed by atoms with Gasteiger partial charge >= 0.3 is 9.05 Å². The fourth-order valence-electron chi connectivity index (χ4n) is 2.70. The zero-order chi connectivity index (χ0) is 20.5. The van der Waals surface area contributed by atoms with Gasteiger partial charge in [0.2, 0.25) is 0 Å². The summed E-state index contributed by atoms with van der Waals surface area (Å²) in [6.45, 7) is 8.02. The summed E-state index contributed by atoms with van der Waals surface area (Å²) in [6.07, 6.45) is 8.22. The summed E-state index contributed by atoms with van der Waals surface area (Å²) in [6, 6.07) is 9.31. The number of benzene rings is 1. The second-order valence-corrected chi connectivity index (χ2v) is 9.15. The topological polar surface area (TPSA) is 57.2 Å². The van der Waals surface area contributed by atoms with Crippen molar-refractivity contribution in [2.45, 2.75) is 84.8 Å². The lowest BCUT2D eigenvalue weighted by Gasteiger charge is -2.30. The largest absolute Gasteiger partial charge is 0.681 e. The van der Waals surface area contributed by atoms with Gasteiger partial charge in [-0.2, -0.15) is 0 Å². The van der Waals surface area contributed by atoms with E-state index in [1.165, 1.54) is 0 Å². The fourth-order valence-corrected chi connectivity index (χ4v) is 4.74.